The van der Waals surface area contributed by atoms with E-state index < -0.39 is 0 Å². The maximum atomic E-state index is 13.2. The number of carbonyl (C=O) groups is 1. The summed E-state index contributed by atoms with van der Waals surface area (Å²) in [4.78, 5) is 19.8. The Labute approximate surface area is 187 Å². The zero-order chi connectivity index (χ0) is 22.1. The van der Waals surface area contributed by atoms with E-state index in [0.717, 1.165) is 49.4 Å². The molecule has 0 aliphatic carbocycles. The van der Waals surface area contributed by atoms with Crippen LogP contribution in [0.25, 0.3) is 6.08 Å². The molecule has 2 N–H and O–H groups in total. The molecular formula is C24H28ClFN4O. The van der Waals surface area contributed by atoms with Crippen LogP contribution in [0.3, 0.4) is 0 Å². The first-order chi connectivity index (χ1) is 14.8. The molecule has 2 aromatic rings. The number of likely N-dealkylation sites (N-methyl/N-ethyl adjacent to an activating group) is 1. The molecule has 2 saturated heterocycles. The molecule has 7 heteroatoms. The second kappa shape index (κ2) is 8.99. The van der Waals surface area contributed by atoms with E-state index in [4.69, 9.17) is 17.3 Å². The molecular weight excluding hydrogens is 415 g/mol. The van der Waals surface area contributed by atoms with Crippen LogP contribution in [0.2, 0.25) is 5.02 Å². The number of rotatable bonds is 4. The van der Waals surface area contributed by atoms with Crippen molar-refractivity contribution >= 4 is 29.3 Å². The molecule has 5 nitrogen and oxygen atoms in total. The molecule has 2 bridgehead atoms. The minimum Gasteiger partial charge on any atom is -0.398 e. The summed E-state index contributed by atoms with van der Waals surface area (Å²) in [5, 5.41) is 0.621. The molecule has 2 aliphatic rings. The lowest BCUT2D eigenvalue weighted by Crippen LogP contribution is -2.68. The summed E-state index contributed by atoms with van der Waals surface area (Å²) in [6.45, 7) is 5.92. The molecule has 0 radical (unpaired) electrons. The molecule has 2 aliphatic heterocycles. The molecule has 2 fully saturated rings. The second-order valence-corrected chi connectivity index (χ2v) is 9.07. The topological polar surface area (TPSA) is 52.8 Å². The summed E-state index contributed by atoms with van der Waals surface area (Å²) in [7, 11) is 2.10. The van der Waals surface area contributed by atoms with Crippen LogP contribution in [0.15, 0.2) is 42.5 Å². The molecule has 2 unspecified atom stereocenters. The summed E-state index contributed by atoms with van der Waals surface area (Å²) in [6.07, 6.45) is 3.41. The second-order valence-electron chi connectivity index (χ2n) is 8.66. The predicted octanol–water partition coefficient (Wildman–Crippen LogP) is 3.41. The number of nitrogens with two attached hydrogens (primary N) is 1. The van der Waals surface area contributed by atoms with E-state index in [-0.39, 0.29) is 23.8 Å². The van der Waals surface area contributed by atoms with Gasteiger partial charge in [-0.05, 0) is 61.0 Å². The highest BCUT2D eigenvalue weighted by Crippen LogP contribution is 2.26. The highest BCUT2D eigenvalue weighted by Gasteiger charge is 2.41. The third-order valence-corrected chi connectivity index (χ3v) is 6.52. The maximum Gasteiger partial charge on any atom is 0.247 e. The quantitative estimate of drug-likeness (QED) is 0.582. The van der Waals surface area contributed by atoms with Crippen molar-refractivity contribution in [2.75, 3.05) is 39.0 Å². The molecule has 1 amide bonds. The molecule has 2 heterocycles. The number of benzene rings is 2. The fourth-order valence-electron chi connectivity index (χ4n) is 4.68. The maximum absolute atomic E-state index is 13.2. The number of halogens is 2. The van der Waals surface area contributed by atoms with Crippen LogP contribution >= 0.6 is 11.6 Å². The summed E-state index contributed by atoms with van der Waals surface area (Å²) in [5.41, 5.74) is 9.44. The van der Waals surface area contributed by atoms with Gasteiger partial charge in [0.15, 0.2) is 0 Å². The van der Waals surface area contributed by atoms with Crippen molar-refractivity contribution in [1.82, 2.24) is 14.7 Å². The Bertz CT molecular complexity index is 978. The summed E-state index contributed by atoms with van der Waals surface area (Å²) >= 11 is 6.12. The Morgan fingerprint density at radius 2 is 1.81 bits per heavy atom. The number of fused-ring (bicyclic) bond motifs is 2. The van der Waals surface area contributed by atoms with Crippen molar-refractivity contribution in [2.24, 2.45) is 0 Å². The fourth-order valence-corrected chi connectivity index (χ4v) is 4.85. The smallest absolute Gasteiger partial charge is 0.247 e. The number of carbonyl (C=O) groups excluding carboxylic acids is 1. The Morgan fingerprint density at radius 3 is 2.45 bits per heavy atom. The van der Waals surface area contributed by atoms with Gasteiger partial charge in [0.2, 0.25) is 5.91 Å². The largest absolute Gasteiger partial charge is 0.398 e. The lowest BCUT2D eigenvalue weighted by atomic mass is 9.99. The molecule has 0 saturated carbocycles. The average molecular weight is 443 g/mol. The van der Waals surface area contributed by atoms with E-state index in [2.05, 4.69) is 16.8 Å². The summed E-state index contributed by atoms with van der Waals surface area (Å²) in [5.74, 6) is -0.211. The fraction of sp³-hybridized carbons (Fsp3) is 0.375. The zero-order valence-electron chi connectivity index (χ0n) is 17.9. The molecule has 4 rings (SSSR count). The first-order valence-corrected chi connectivity index (χ1v) is 10.9. The minimum atomic E-state index is -0.221. The number of hydrogen-bond acceptors (Lipinski definition) is 4. The predicted molar refractivity (Wildman–Crippen MR) is 123 cm³/mol. The van der Waals surface area contributed by atoms with Gasteiger partial charge in [-0.25, -0.2) is 4.39 Å². The standard InChI is InChI=1S/C24H28ClFN4O/c1-16-9-18(23(27)10-22(16)25)5-8-24(31)30-20-12-28(2)13-21(30)15-29(14-20)11-17-3-6-19(26)7-4-17/h3-10,20-21H,11-15,27H2,1-2H3/b8-5+. The Hall–Kier alpha value is -2.41. The summed E-state index contributed by atoms with van der Waals surface area (Å²) in [6, 6.07) is 10.5. The van der Waals surface area contributed by atoms with Gasteiger partial charge >= 0.3 is 0 Å². The van der Waals surface area contributed by atoms with Gasteiger partial charge in [0.25, 0.3) is 0 Å². The number of aryl methyl sites for hydroxylation is 1. The summed E-state index contributed by atoms with van der Waals surface area (Å²) < 4.78 is 13.2. The van der Waals surface area contributed by atoms with Gasteiger partial charge < -0.3 is 15.5 Å². The number of nitrogens with zero attached hydrogens (tertiary/aromatic N) is 3. The number of piperazine rings is 2. The molecule has 2 atom stereocenters. The van der Waals surface area contributed by atoms with Crippen LogP contribution in [-0.2, 0) is 11.3 Å². The SMILES string of the molecule is Cc1cc(/C=C/C(=O)N2C3CN(C)CC2CN(Cc2ccc(F)cc2)C3)c(N)cc1Cl. The van der Waals surface area contributed by atoms with E-state index in [9.17, 15) is 9.18 Å². The van der Waals surface area contributed by atoms with Crippen LogP contribution in [0.4, 0.5) is 10.1 Å². The van der Waals surface area contributed by atoms with Crippen molar-refractivity contribution < 1.29 is 9.18 Å². The Balaban J connectivity index is 1.48. The van der Waals surface area contributed by atoms with Gasteiger partial charge in [-0.2, -0.15) is 0 Å². The van der Waals surface area contributed by atoms with Crippen LogP contribution < -0.4 is 5.73 Å². The molecule has 0 spiro atoms. The van der Waals surface area contributed by atoms with E-state index >= 15 is 0 Å². The van der Waals surface area contributed by atoms with Crippen molar-refractivity contribution in [1.29, 1.82) is 0 Å². The monoisotopic (exact) mass is 442 g/mol. The number of amides is 1. The first-order valence-electron chi connectivity index (χ1n) is 10.5. The number of hydrogen-bond donors (Lipinski definition) is 1. The number of nitrogen functional groups attached to an aromatic ring is 1. The first kappa shape index (κ1) is 21.8. The van der Waals surface area contributed by atoms with E-state index in [1.54, 1.807) is 18.2 Å². The zero-order valence-corrected chi connectivity index (χ0v) is 18.6. The van der Waals surface area contributed by atoms with Crippen molar-refractivity contribution in [3.63, 3.8) is 0 Å². The van der Waals surface area contributed by atoms with Crippen LogP contribution in [0.1, 0.15) is 16.7 Å². The Morgan fingerprint density at radius 1 is 1.16 bits per heavy atom. The van der Waals surface area contributed by atoms with Crippen molar-refractivity contribution in [3.05, 3.63) is 70.0 Å². The third kappa shape index (κ3) is 4.92. The van der Waals surface area contributed by atoms with Gasteiger partial charge in [-0.15, -0.1) is 0 Å². The van der Waals surface area contributed by atoms with Gasteiger partial charge in [0.1, 0.15) is 5.82 Å². The van der Waals surface area contributed by atoms with E-state index in [1.165, 1.54) is 12.1 Å². The highest BCUT2D eigenvalue weighted by atomic mass is 35.5. The van der Waals surface area contributed by atoms with Crippen LogP contribution in [0, 0.1) is 12.7 Å². The molecule has 164 valence electrons. The van der Waals surface area contributed by atoms with Gasteiger partial charge in [-0.3, -0.25) is 9.69 Å². The molecule has 0 aromatic heterocycles. The molecule has 31 heavy (non-hydrogen) atoms. The normalized spacial score (nSPS) is 22.3. The molecule has 2 aromatic carbocycles. The average Bonchev–Trinajstić information content (AvgIpc) is 2.70. The van der Waals surface area contributed by atoms with Crippen LogP contribution in [-0.4, -0.2) is 65.9 Å². The Kier molecular flexibility index (Phi) is 6.32. The van der Waals surface area contributed by atoms with Crippen molar-refractivity contribution in [2.45, 2.75) is 25.6 Å². The van der Waals surface area contributed by atoms with E-state index in [1.807, 2.05) is 30.0 Å². The van der Waals surface area contributed by atoms with Crippen LogP contribution in [0.5, 0.6) is 0 Å². The van der Waals surface area contributed by atoms with E-state index in [0.29, 0.717) is 10.7 Å². The lowest BCUT2D eigenvalue weighted by molar-refractivity contribution is -0.140. The van der Waals surface area contributed by atoms with Gasteiger partial charge in [0.05, 0.1) is 12.1 Å². The van der Waals surface area contributed by atoms with Gasteiger partial charge in [0, 0.05) is 49.5 Å². The minimum absolute atomic E-state index is 0.0107. The number of anilines is 1. The van der Waals surface area contributed by atoms with Crippen molar-refractivity contribution in [3.8, 4) is 0 Å². The highest BCUT2D eigenvalue weighted by molar-refractivity contribution is 6.31. The lowest BCUT2D eigenvalue weighted by Gasteiger charge is -2.52. The third-order valence-electron chi connectivity index (χ3n) is 6.11. The van der Waals surface area contributed by atoms with Gasteiger partial charge in [-0.1, -0.05) is 23.7 Å².